The van der Waals surface area contributed by atoms with Crippen molar-refractivity contribution in [1.82, 2.24) is 9.55 Å². The fourth-order valence-corrected chi connectivity index (χ4v) is 5.68. The molecule has 0 spiro atoms. The standard InChI is InChI=1S/C32H32N3O/c1-19(2)23-17-24-25-18-33-16-15-28(25)36-31(24)29(20(3)4)30(23)35-27-14-10-9-13-26(27)34(6)32(35)22-12-8-7-11-21(22)5/h7-20H,1-6H3/q+1. The van der Waals surface area contributed by atoms with Crippen LogP contribution in [0.15, 0.2) is 77.5 Å². The zero-order chi connectivity index (χ0) is 25.1. The summed E-state index contributed by atoms with van der Waals surface area (Å²) >= 11 is 0. The van der Waals surface area contributed by atoms with E-state index in [1.54, 1.807) is 6.20 Å². The molecular weight excluding hydrogens is 442 g/mol. The topological polar surface area (TPSA) is 34.8 Å². The van der Waals surface area contributed by atoms with Crippen LogP contribution in [0.5, 0.6) is 0 Å². The molecule has 4 heteroatoms. The summed E-state index contributed by atoms with van der Waals surface area (Å²) in [6.45, 7) is 11.3. The van der Waals surface area contributed by atoms with Crippen LogP contribution in [0.25, 0.3) is 50.0 Å². The van der Waals surface area contributed by atoms with Crippen molar-refractivity contribution in [2.75, 3.05) is 0 Å². The maximum absolute atomic E-state index is 6.57. The van der Waals surface area contributed by atoms with Gasteiger partial charge in [-0.1, -0.05) is 58.0 Å². The Hall–Kier alpha value is -3.92. The van der Waals surface area contributed by atoms with Crippen molar-refractivity contribution >= 4 is 33.0 Å². The molecule has 3 heterocycles. The van der Waals surface area contributed by atoms with Gasteiger partial charge in [-0.3, -0.25) is 4.98 Å². The molecule has 0 amide bonds. The third-order valence-corrected chi connectivity index (χ3v) is 7.42. The maximum Gasteiger partial charge on any atom is 0.295 e. The number of imidazole rings is 1. The number of benzene rings is 3. The molecule has 0 saturated carbocycles. The van der Waals surface area contributed by atoms with Gasteiger partial charge < -0.3 is 4.42 Å². The minimum atomic E-state index is 0.255. The molecule has 0 aliphatic carbocycles. The van der Waals surface area contributed by atoms with Crippen molar-refractivity contribution in [2.24, 2.45) is 7.05 Å². The number of hydrogen-bond acceptors (Lipinski definition) is 2. The van der Waals surface area contributed by atoms with Crippen molar-refractivity contribution < 1.29 is 8.98 Å². The second kappa shape index (κ2) is 8.34. The fraction of sp³-hybridized carbons (Fsp3) is 0.250. The van der Waals surface area contributed by atoms with E-state index in [0.717, 1.165) is 21.9 Å². The van der Waals surface area contributed by atoms with Gasteiger partial charge in [0.15, 0.2) is 11.0 Å². The van der Waals surface area contributed by atoms with Crippen LogP contribution < -0.4 is 4.57 Å². The summed E-state index contributed by atoms with van der Waals surface area (Å²) in [5.74, 6) is 1.75. The number of aromatic nitrogens is 3. The van der Waals surface area contributed by atoms with E-state index >= 15 is 0 Å². The molecule has 0 unspecified atom stereocenters. The van der Waals surface area contributed by atoms with Crippen molar-refractivity contribution in [3.05, 3.63) is 89.7 Å². The number of fused-ring (bicyclic) bond motifs is 4. The second-order valence-electron chi connectivity index (χ2n) is 10.4. The van der Waals surface area contributed by atoms with E-state index < -0.39 is 0 Å². The predicted molar refractivity (Wildman–Crippen MR) is 148 cm³/mol. The average Bonchev–Trinajstić information content (AvgIpc) is 3.38. The van der Waals surface area contributed by atoms with E-state index in [1.807, 2.05) is 12.3 Å². The molecule has 4 nitrogen and oxygen atoms in total. The Bertz CT molecular complexity index is 1770. The van der Waals surface area contributed by atoms with E-state index in [0.29, 0.717) is 5.92 Å². The fourth-order valence-electron chi connectivity index (χ4n) is 5.68. The first-order chi connectivity index (χ1) is 17.4. The Morgan fingerprint density at radius 2 is 1.64 bits per heavy atom. The molecule has 3 aromatic heterocycles. The smallest absolute Gasteiger partial charge is 0.295 e. The third-order valence-electron chi connectivity index (χ3n) is 7.42. The van der Waals surface area contributed by atoms with Gasteiger partial charge in [0.1, 0.15) is 16.9 Å². The molecular formula is C32H32N3O+. The molecule has 0 atom stereocenters. The molecule has 0 bridgehead atoms. The predicted octanol–water partition coefficient (Wildman–Crippen LogP) is 7.97. The number of nitrogens with zero attached hydrogens (tertiary/aromatic N) is 3. The van der Waals surface area contributed by atoms with E-state index in [9.17, 15) is 0 Å². The lowest BCUT2D eigenvalue weighted by atomic mass is 9.89. The summed E-state index contributed by atoms with van der Waals surface area (Å²) in [6.07, 6.45) is 3.73. The third kappa shape index (κ3) is 3.21. The van der Waals surface area contributed by atoms with Crippen LogP contribution in [0.2, 0.25) is 0 Å². The molecule has 3 aromatic carbocycles. The van der Waals surface area contributed by atoms with Crippen LogP contribution in [-0.2, 0) is 7.05 Å². The Labute approximate surface area is 211 Å². The van der Waals surface area contributed by atoms with Crippen LogP contribution in [-0.4, -0.2) is 9.55 Å². The molecule has 0 saturated heterocycles. The Kier molecular flexibility index (Phi) is 5.22. The minimum Gasteiger partial charge on any atom is -0.455 e. The number of para-hydroxylation sites is 2. The van der Waals surface area contributed by atoms with E-state index in [4.69, 9.17) is 4.42 Å². The molecule has 0 N–H and O–H groups in total. The number of pyridine rings is 1. The van der Waals surface area contributed by atoms with Gasteiger partial charge in [0.05, 0.1) is 12.6 Å². The van der Waals surface area contributed by atoms with Gasteiger partial charge in [-0.05, 0) is 54.7 Å². The Balaban J connectivity index is 1.87. The molecule has 0 fully saturated rings. The SMILES string of the molecule is Cc1ccccc1-c1n(-c2c(C(C)C)cc3c(oc4ccncc43)c2C(C)C)c2ccccc2[n+]1C. The summed E-state index contributed by atoms with van der Waals surface area (Å²) in [5, 5.41) is 2.22. The second-order valence-corrected chi connectivity index (χ2v) is 10.4. The molecule has 180 valence electrons. The highest BCUT2D eigenvalue weighted by atomic mass is 16.3. The van der Waals surface area contributed by atoms with E-state index in [1.165, 1.54) is 44.8 Å². The number of furan rings is 1. The summed E-state index contributed by atoms with van der Waals surface area (Å²) in [4.78, 5) is 4.40. The highest BCUT2D eigenvalue weighted by molar-refractivity contribution is 6.07. The van der Waals surface area contributed by atoms with Gasteiger partial charge >= 0.3 is 0 Å². The van der Waals surface area contributed by atoms with Gasteiger partial charge in [-0.25, -0.2) is 4.57 Å². The zero-order valence-electron chi connectivity index (χ0n) is 21.8. The summed E-state index contributed by atoms with van der Waals surface area (Å²) < 4.78 is 11.4. The lowest BCUT2D eigenvalue weighted by Gasteiger charge is -2.19. The van der Waals surface area contributed by atoms with Gasteiger partial charge in [0, 0.05) is 34.3 Å². The highest BCUT2D eigenvalue weighted by Crippen LogP contribution is 2.43. The molecule has 36 heavy (non-hydrogen) atoms. The van der Waals surface area contributed by atoms with Crippen LogP contribution >= 0.6 is 0 Å². The average molecular weight is 475 g/mol. The summed E-state index contributed by atoms with van der Waals surface area (Å²) in [7, 11) is 2.18. The maximum atomic E-state index is 6.57. The van der Waals surface area contributed by atoms with Gasteiger partial charge in [0.2, 0.25) is 0 Å². The summed E-state index contributed by atoms with van der Waals surface area (Å²) in [5.41, 5.74) is 10.5. The largest absolute Gasteiger partial charge is 0.455 e. The Morgan fingerprint density at radius 3 is 2.39 bits per heavy atom. The summed E-state index contributed by atoms with van der Waals surface area (Å²) in [6, 6.07) is 21.7. The lowest BCUT2D eigenvalue weighted by Crippen LogP contribution is -2.30. The first-order valence-electron chi connectivity index (χ1n) is 12.8. The van der Waals surface area contributed by atoms with Crippen molar-refractivity contribution in [3.63, 3.8) is 0 Å². The Morgan fingerprint density at radius 1 is 0.889 bits per heavy atom. The molecule has 6 aromatic rings. The van der Waals surface area contributed by atoms with E-state index in [2.05, 4.69) is 110 Å². The van der Waals surface area contributed by atoms with Crippen LogP contribution in [0.3, 0.4) is 0 Å². The number of aryl methyl sites for hydroxylation is 2. The monoisotopic (exact) mass is 474 g/mol. The van der Waals surface area contributed by atoms with Gasteiger partial charge in [-0.2, -0.15) is 4.57 Å². The number of rotatable bonds is 4. The molecule has 0 aliphatic heterocycles. The van der Waals surface area contributed by atoms with Crippen molar-refractivity contribution in [3.8, 4) is 17.1 Å². The molecule has 0 aliphatic rings. The normalized spacial score (nSPS) is 12.1. The van der Waals surface area contributed by atoms with Crippen LogP contribution in [0.4, 0.5) is 0 Å². The molecule has 0 radical (unpaired) electrons. The van der Waals surface area contributed by atoms with Crippen molar-refractivity contribution in [2.45, 2.75) is 46.5 Å². The highest BCUT2D eigenvalue weighted by Gasteiger charge is 2.33. The van der Waals surface area contributed by atoms with Gasteiger partial charge in [0.25, 0.3) is 5.82 Å². The van der Waals surface area contributed by atoms with Crippen molar-refractivity contribution in [1.29, 1.82) is 0 Å². The first-order valence-corrected chi connectivity index (χ1v) is 12.8. The number of hydrogen-bond donors (Lipinski definition) is 0. The first kappa shape index (κ1) is 22.5. The lowest BCUT2D eigenvalue weighted by molar-refractivity contribution is -0.633. The van der Waals surface area contributed by atoms with Crippen LogP contribution in [0, 0.1) is 6.92 Å². The molecule has 6 rings (SSSR count). The quantitative estimate of drug-likeness (QED) is 0.243. The van der Waals surface area contributed by atoms with Gasteiger partial charge in [-0.15, -0.1) is 0 Å². The minimum absolute atomic E-state index is 0.255. The zero-order valence-corrected chi connectivity index (χ0v) is 21.8. The van der Waals surface area contributed by atoms with Crippen LogP contribution in [0.1, 0.15) is 56.2 Å². The van der Waals surface area contributed by atoms with E-state index in [-0.39, 0.29) is 5.92 Å².